The van der Waals surface area contributed by atoms with Crippen molar-refractivity contribution in [3.8, 4) is 0 Å². The molecule has 5 heteroatoms. The molecule has 3 N–H and O–H groups in total. The van der Waals surface area contributed by atoms with Gasteiger partial charge in [0.2, 0.25) is 11.8 Å². The van der Waals surface area contributed by atoms with Gasteiger partial charge in [-0.1, -0.05) is 30.3 Å². The lowest BCUT2D eigenvalue weighted by molar-refractivity contribution is -0.121. The van der Waals surface area contributed by atoms with Crippen LogP contribution in [-0.2, 0) is 16.1 Å². The Balaban J connectivity index is 1.74. The molecular formula is C19H23N3O2. The van der Waals surface area contributed by atoms with Gasteiger partial charge in [0.1, 0.15) is 0 Å². The number of nitrogens with one attached hydrogen (secondary N) is 3. The summed E-state index contributed by atoms with van der Waals surface area (Å²) in [5.41, 5.74) is 3.90. The van der Waals surface area contributed by atoms with Crippen molar-refractivity contribution in [2.45, 2.75) is 26.8 Å². The predicted octanol–water partition coefficient (Wildman–Crippen LogP) is 3.07. The van der Waals surface area contributed by atoms with Crippen LogP contribution in [0.2, 0.25) is 0 Å². The SMILES string of the molecule is CC(=O)Nc1cccc(NCCC(=O)NCc2ccccc2C)c1. The summed E-state index contributed by atoms with van der Waals surface area (Å²) in [7, 11) is 0. The predicted molar refractivity (Wildman–Crippen MR) is 96.9 cm³/mol. The van der Waals surface area contributed by atoms with Crippen molar-refractivity contribution in [3.05, 3.63) is 59.7 Å². The van der Waals surface area contributed by atoms with E-state index in [9.17, 15) is 9.59 Å². The van der Waals surface area contributed by atoms with E-state index in [-0.39, 0.29) is 11.8 Å². The molecule has 0 saturated carbocycles. The summed E-state index contributed by atoms with van der Waals surface area (Å²) in [5.74, 6) is -0.105. The highest BCUT2D eigenvalue weighted by molar-refractivity contribution is 5.89. The number of hydrogen-bond acceptors (Lipinski definition) is 3. The number of hydrogen-bond donors (Lipinski definition) is 3. The van der Waals surface area contributed by atoms with Crippen molar-refractivity contribution in [3.63, 3.8) is 0 Å². The molecule has 0 fully saturated rings. The van der Waals surface area contributed by atoms with Crippen LogP contribution in [0.15, 0.2) is 48.5 Å². The molecule has 2 aromatic carbocycles. The summed E-state index contributed by atoms with van der Waals surface area (Å²) in [6.07, 6.45) is 0.385. The molecule has 0 bridgehead atoms. The Morgan fingerprint density at radius 2 is 1.75 bits per heavy atom. The first kappa shape index (κ1) is 17.5. The quantitative estimate of drug-likeness (QED) is 0.733. The van der Waals surface area contributed by atoms with Gasteiger partial charge >= 0.3 is 0 Å². The van der Waals surface area contributed by atoms with E-state index in [2.05, 4.69) is 16.0 Å². The molecule has 0 atom stereocenters. The van der Waals surface area contributed by atoms with E-state index in [1.54, 1.807) is 0 Å². The maximum Gasteiger partial charge on any atom is 0.222 e. The Hall–Kier alpha value is -2.82. The van der Waals surface area contributed by atoms with Gasteiger partial charge in [-0.3, -0.25) is 9.59 Å². The second-order valence-electron chi connectivity index (χ2n) is 5.64. The van der Waals surface area contributed by atoms with E-state index in [1.807, 2.05) is 55.5 Å². The van der Waals surface area contributed by atoms with E-state index in [0.29, 0.717) is 19.5 Å². The monoisotopic (exact) mass is 325 g/mol. The van der Waals surface area contributed by atoms with Crippen LogP contribution in [0.25, 0.3) is 0 Å². The molecule has 0 spiro atoms. The minimum absolute atomic E-state index is 0.00349. The zero-order valence-electron chi connectivity index (χ0n) is 14.1. The summed E-state index contributed by atoms with van der Waals surface area (Å²) in [6, 6.07) is 15.4. The maximum absolute atomic E-state index is 11.9. The molecule has 0 saturated heterocycles. The van der Waals surface area contributed by atoms with Crippen LogP contribution in [-0.4, -0.2) is 18.4 Å². The Kier molecular flexibility index (Phi) is 6.37. The van der Waals surface area contributed by atoms with E-state index in [0.717, 1.165) is 16.9 Å². The normalized spacial score (nSPS) is 10.1. The molecule has 2 aromatic rings. The van der Waals surface area contributed by atoms with Crippen molar-refractivity contribution in [1.29, 1.82) is 0 Å². The van der Waals surface area contributed by atoms with Crippen LogP contribution in [0.5, 0.6) is 0 Å². The molecule has 126 valence electrons. The van der Waals surface area contributed by atoms with Gasteiger partial charge in [-0.25, -0.2) is 0 Å². The summed E-state index contributed by atoms with van der Waals surface area (Å²) < 4.78 is 0. The van der Waals surface area contributed by atoms with Crippen LogP contribution in [0, 0.1) is 6.92 Å². The average molecular weight is 325 g/mol. The number of carbonyl (C=O) groups excluding carboxylic acids is 2. The number of rotatable bonds is 7. The number of aryl methyl sites for hydroxylation is 1. The standard InChI is InChI=1S/C19H23N3O2/c1-14-6-3-4-7-16(14)13-21-19(24)10-11-20-17-8-5-9-18(12-17)22-15(2)23/h3-9,12,20H,10-11,13H2,1-2H3,(H,21,24)(H,22,23). The molecule has 2 amide bonds. The molecule has 0 unspecified atom stereocenters. The molecule has 0 radical (unpaired) electrons. The lowest BCUT2D eigenvalue weighted by Gasteiger charge is -2.10. The maximum atomic E-state index is 11.9. The van der Waals surface area contributed by atoms with Crippen molar-refractivity contribution in [1.82, 2.24) is 5.32 Å². The van der Waals surface area contributed by atoms with Crippen LogP contribution >= 0.6 is 0 Å². The lowest BCUT2D eigenvalue weighted by Crippen LogP contribution is -2.25. The number of benzene rings is 2. The minimum atomic E-state index is -0.109. The molecule has 2 rings (SSSR count). The summed E-state index contributed by atoms with van der Waals surface area (Å²) >= 11 is 0. The summed E-state index contributed by atoms with van der Waals surface area (Å²) in [6.45, 7) is 4.58. The van der Waals surface area contributed by atoms with Crippen LogP contribution < -0.4 is 16.0 Å². The zero-order valence-corrected chi connectivity index (χ0v) is 14.1. The second kappa shape index (κ2) is 8.72. The minimum Gasteiger partial charge on any atom is -0.384 e. The first-order valence-corrected chi connectivity index (χ1v) is 7.97. The van der Waals surface area contributed by atoms with Crippen molar-refractivity contribution >= 4 is 23.2 Å². The fraction of sp³-hybridized carbons (Fsp3) is 0.263. The molecule has 5 nitrogen and oxygen atoms in total. The first-order chi connectivity index (χ1) is 11.5. The topological polar surface area (TPSA) is 70.2 Å². The van der Waals surface area contributed by atoms with Gasteiger partial charge in [0.15, 0.2) is 0 Å². The van der Waals surface area contributed by atoms with Crippen molar-refractivity contribution in [2.75, 3.05) is 17.2 Å². The second-order valence-corrected chi connectivity index (χ2v) is 5.64. The van der Waals surface area contributed by atoms with E-state index < -0.39 is 0 Å². The largest absolute Gasteiger partial charge is 0.384 e. The number of anilines is 2. The third-order valence-electron chi connectivity index (χ3n) is 3.60. The molecule has 24 heavy (non-hydrogen) atoms. The van der Waals surface area contributed by atoms with Crippen LogP contribution in [0.1, 0.15) is 24.5 Å². The highest BCUT2D eigenvalue weighted by Crippen LogP contribution is 2.14. The third kappa shape index (κ3) is 5.76. The molecule has 0 aliphatic rings. The smallest absolute Gasteiger partial charge is 0.222 e. The highest BCUT2D eigenvalue weighted by Gasteiger charge is 2.03. The molecule has 0 aliphatic carbocycles. The van der Waals surface area contributed by atoms with Gasteiger partial charge in [-0.05, 0) is 36.2 Å². The highest BCUT2D eigenvalue weighted by atomic mass is 16.2. The number of amides is 2. The third-order valence-corrected chi connectivity index (χ3v) is 3.60. The van der Waals surface area contributed by atoms with Gasteiger partial charge in [-0.2, -0.15) is 0 Å². The van der Waals surface area contributed by atoms with Gasteiger partial charge in [0.05, 0.1) is 0 Å². The lowest BCUT2D eigenvalue weighted by atomic mass is 10.1. The van der Waals surface area contributed by atoms with E-state index in [1.165, 1.54) is 12.5 Å². The Labute approximate surface area is 142 Å². The van der Waals surface area contributed by atoms with Gasteiger partial charge in [0, 0.05) is 37.8 Å². The fourth-order valence-electron chi connectivity index (χ4n) is 2.32. The molecule has 0 aromatic heterocycles. The summed E-state index contributed by atoms with van der Waals surface area (Å²) in [5, 5.41) is 8.84. The Morgan fingerprint density at radius 1 is 1.00 bits per heavy atom. The average Bonchev–Trinajstić information content (AvgIpc) is 2.54. The Bertz CT molecular complexity index is 713. The molecular weight excluding hydrogens is 302 g/mol. The van der Waals surface area contributed by atoms with E-state index in [4.69, 9.17) is 0 Å². The Morgan fingerprint density at radius 3 is 2.50 bits per heavy atom. The zero-order chi connectivity index (χ0) is 17.4. The van der Waals surface area contributed by atoms with Crippen molar-refractivity contribution in [2.24, 2.45) is 0 Å². The number of carbonyl (C=O) groups is 2. The van der Waals surface area contributed by atoms with Gasteiger partial charge < -0.3 is 16.0 Å². The van der Waals surface area contributed by atoms with Crippen LogP contribution in [0.4, 0.5) is 11.4 Å². The van der Waals surface area contributed by atoms with Gasteiger partial charge in [-0.15, -0.1) is 0 Å². The van der Waals surface area contributed by atoms with Crippen molar-refractivity contribution < 1.29 is 9.59 Å². The van der Waals surface area contributed by atoms with E-state index >= 15 is 0 Å². The first-order valence-electron chi connectivity index (χ1n) is 7.97. The summed E-state index contributed by atoms with van der Waals surface area (Å²) in [4.78, 5) is 23.0. The van der Waals surface area contributed by atoms with Gasteiger partial charge in [0.25, 0.3) is 0 Å². The molecule has 0 heterocycles. The van der Waals surface area contributed by atoms with Crippen LogP contribution in [0.3, 0.4) is 0 Å². The molecule has 0 aliphatic heterocycles. The fourth-order valence-corrected chi connectivity index (χ4v) is 2.32.